The van der Waals surface area contributed by atoms with Crippen molar-refractivity contribution in [3.05, 3.63) is 29.3 Å². The van der Waals surface area contributed by atoms with E-state index in [1.807, 2.05) is 0 Å². The van der Waals surface area contributed by atoms with Gasteiger partial charge in [-0.3, -0.25) is 4.79 Å². The van der Waals surface area contributed by atoms with Gasteiger partial charge in [0.15, 0.2) is 5.78 Å². The smallest absolute Gasteiger partial charge is 0.387 e. The highest BCUT2D eigenvalue weighted by Gasteiger charge is 2.15. The molecule has 0 radical (unpaired) electrons. The van der Waals surface area contributed by atoms with Gasteiger partial charge in [0.05, 0.1) is 4.83 Å². The molecule has 1 aromatic carbocycles. The zero-order valence-corrected chi connectivity index (χ0v) is 12.1. The molecule has 1 unspecified atom stereocenters. The van der Waals surface area contributed by atoms with Gasteiger partial charge >= 0.3 is 6.61 Å². The summed E-state index contributed by atoms with van der Waals surface area (Å²) in [7, 11) is 0. The van der Waals surface area contributed by atoms with Crippen molar-refractivity contribution in [2.75, 3.05) is 0 Å². The second kappa shape index (κ2) is 6.44. The van der Waals surface area contributed by atoms with E-state index in [9.17, 15) is 13.6 Å². The van der Waals surface area contributed by atoms with E-state index < -0.39 is 6.61 Å². The minimum Gasteiger partial charge on any atom is -0.435 e. The molecule has 0 amide bonds. The van der Waals surface area contributed by atoms with Gasteiger partial charge in [-0.25, -0.2) is 0 Å². The number of hydrogen-bond donors (Lipinski definition) is 0. The number of Topliss-reactive ketones (excluding diaryl/α,β-unsaturated/α-hetero) is 1. The van der Waals surface area contributed by atoms with Crippen LogP contribution in [-0.4, -0.2) is 17.2 Å². The van der Waals surface area contributed by atoms with Crippen molar-refractivity contribution in [1.82, 2.24) is 0 Å². The molecule has 0 fully saturated rings. The summed E-state index contributed by atoms with van der Waals surface area (Å²) in [6.07, 6.45) is 0. The van der Waals surface area contributed by atoms with E-state index in [0.717, 1.165) is 0 Å². The molecule has 17 heavy (non-hydrogen) atoms. The molecule has 0 saturated carbocycles. The Morgan fingerprint density at radius 1 is 1.47 bits per heavy atom. The molecule has 0 aliphatic heterocycles. The first-order valence-corrected chi connectivity index (χ1v) is 6.81. The molecule has 94 valence electrons. The fourth-order valence-corrected chi connectivity index (χ4v) is 1.98. The van der Waals surface area contributed by atoms with E-state index >= 15 is 0 Å². The first-order valence-electron chi connectivity index (χ1n) is 4.77. The Balaban J connectivity index is 3.04. The average Bonchev–Trinajstić information content (AvgIpc) is 2.27. The van der Waals surface area contributed by atoms with Crippen LogP contribution in [0.15, 0.2) is 18.2 Å². The quantitative estimate of drug-likeness (QED) is 0.574. The number of benzene rings is 1. The van der Waals surface area contributed by atoms with Crippen LogP contribution in [0.1, 0.15) is 22.8 Å². The van der Waals surface area contributed by atoms with E-state index in [0.29, 0.717) is 16.5 Å². The Labute approximate surface area is 115 Å². The lowest BCUT2D eigenvalue weighted by molar-refractivity contribution is -0.0503. The van der Waals surface area contributed by atoms with E-state index in [1.165, 1.54) is 12.1 Å². The van der Waals surface area contributed by atoms with Crippen LogP contribution in [0.2, 0.25) is 0 Å². The molecule has 1 rings (SSSR count). The molecule has 0 spiro atoms. The summed E-state index contributed by atoms with van der Waals surface area (Å²) in [5.41, 5.74) is 0.981. The zero-order chi connectivity index (χ0) is 13.0. The first-order chi connectivity index (χ1) is 7.95. The lowest BCUT2D eigenvalue weighted by atomic mass is 10.1. The fraction of sp³-hybridized carbons (Fsp3) is 0.364. The zero-order valence-electron chi connectivity index (χ0n) is 8.92. The third-order valence-corrected chi connectivity index (χ3v) is 3.09. The molecule has 0 aliphatic carbocycles. The van der Waals surface area contributed by atoms with Gasteiger partial charge in [-0.15, -0.1) is 0 Å². The Morgan fingerprint density at radius 3 is 2.59 bits per heavy atom. The number of hydrogen-bond acceptors (Lipinski definition) is 2. The van der Waals surface area contributed by atoms with Crippen LogP contribution in [0.5, 0.6) is 5.75 Å². The highest BCUT2D eigenvalue weighted by Crippen LogP contribution is 2.25. The van der Waals surface area contributed by atoms with Gasteiger partial charge in [-0.05, 0) is 25.1 Å². The summed E-state index contributed by atoms with van der Waals surface area (Å²) in [4.78, 5) is 11.4. The van der Waals surface area contributed by atoms with Crippen LogP contribution in [0.4, 0.5) is 8.78 Å². The van der Waals surface area contributed by atoms with Gasteiger partial charge in [0.1, 0.15) is 5.75 Å². The SMILES string of the molecule is CC(Br)C(=O)c1ccc(OC(F)F)c(CBr)c1. The number of alkyl halides is 4. The fourth-order valence-electron chi connectivity index (χ4n) is 1.28. The van der Waals surface area contributed by atoms with Crippen molar-refractivity contribution in [3.63, 3.8) is 0 Å². The monoisotopic (exact) mass is 370 g/mol. The van der Waals surface area contributed by atoms with E-state index in [1.54, 1.807) is 13.0 Å². The van der Waals surface area contributed by atoms with E-state index in [4.69, 9.17) is 0 Å². The highest BCUT2D eigenvalue weighted by molar-refractivity contribution is 9.10. The van der Waals surface area contributed by atoms with Crippen molar-refractivity contribution >= 4 is 37.6 Å². The van der Waals surface area contributed by atoms with Crippen LogP contribution < -0.4 is 4.74 Å². The number of carbonyl (C=O) groups is 1. The number of ether oxygens (including phenoxy) is 1. The molecular formula is C11H10Br2F2O2. The van der Waals surface area contributed by atoms with E-state index in [-0.39, 0.29) is 16.4 Å². The molecule has 0 N–H and O–H groups in total. The molecule has 1 atom stereocenters. The van der Waals surface area contributed by atoms with Crippen LogP contribution >= 0.6 is 31.9 Å². The second-order valence-corrected chi connectivity index (χ2v) is 5.25. The predicted molar refractivity (Wildman–Crippen MR) is 68.4 cm³/mol. The summed E-state index contributed by atoms with van der Waals surface area (Å²) in [6, 6.07) is 4.40. The normalized spacial score (nSPS) is 12.6. The van der Waals surface area contributed by atoms with Gasteiger partial charge in [0.2, 0.25) is 0 Å². The van der Waals surface area contributed by atoms with Crippen molar-refractivity contribution in [3.8, 4) is 5.75 Å². The average molecular weight is 372 g/mol. The van der Waals surface area contributed by atoms with Crippen molar-refractivity contribution < 1.29 is 18.3 Å². The minimum absolute atomic E-state index is 0.0793. The van der Waals surface area contributed by atoms with E-state index in [2.05, 4.69) is 36.6 Å². The summed E-state index contributed by atoms with van der Waals surface area (Å²) in [6.45, 7) is -1.16. The van der Waals surface area contributed by atoms with Crippen molar-refractivity contribution in [2.24, 2.45) is 0 Å². The van der Waals surface area contributed by atoms with Gasteiger partial charge in [0, 0.05) is 16.5 Å². The molecule has 2 nitrogen and oxygen atoms in total. The standard InChI is InChI=1S/C11H10Br2F2O2/c1-6(13)10(16)7-2-3-9(17-11(14)15)8(4-7)5-12/h2-4,6,11H,5H2,1H3. The number of halogens is 4. The summed E-state index contributed by atoms with van der Waals surface area (Å²) in [5.74, 6) is -0.0218. The third kappa shape index (κ3) is 4.03. The maximum absolute atomic E-state index is 12.1. The van der Waals surface area contributed by atoms with Gasteiger partial charge in [-0.2, -0.15) is 8.78 Å². The van der Waals surface area contributed by atoms with Crippen LogP contribution in [0.25, 0.3) is 0 Å². The lowest BCUT2D eigenvalue weighted by Gasteiger charge is -2.11. The largest absolute Gasteiger partial charge is 0.435 e. The van der Waals surface area contributed by atoms with Crippen molar-refractivity contribution in [2.45, 2.75) is 23.7 Å². The van der Waals surface area contributed by atoms with Crippen LogP contribution in [0, 0.1) is 0 Å². The maximum Gasteiger partial charge on any atom is 0.387 e. The molecule has 0 bridgehead atoms. The Morgan fingerprint density at radius 2 is 2.12 bits per heavy atom. The molecule has 0 aromatic heterocycles. The van der Waals surface area contributed by atoms with Gasteiger partial charge < -0.3 is 4.74 Å². The van der Waals surface area contributed by atoms with Gasteiger partial charge in [-0.1, -0.05) is 31.9 Å². The van der Waals surface area contributed by atoms with Crippen LogP contribution in [0.3, 0.4) is 0 Å². The lowest BCUT2D eigenvalue weighted by Crippen LogP contribution is -2.11. The number of rotatable bonds is 5. The molecule has 1 aromatic rings. The highest BCUT2D eigenvalue weighted by atomic mass is 79.9. The second-order valence-electron chi connectivity index (χ2n) is 3.31. The topological polar surface area (TPSA) is 26.3 Å². The Bertz CT molecular complexity index is 408. The minimum atomic E-state index is -2.87. The predicted octanol–water partition coefficient (Wildman–Crippen LogP) is 4.15. The molecule has 0 aliphatic rings. The maximum atomic E-state index is 12.1. The Hall–Kier alpha value is -0.490. The molecular weight excluding hydrogens is 362 g/mol. The van der Waals surface area contributed by atoms with Gasteiger partial charge in [0.25, 0.3) is 0 Å². The molecule has 6 heteroatoms. The first kappa shape index (κ1) is 14.6. The summed E-state index contributed by atoms with van der Waals surface area (Å²) >= 11 is 6.34. The molecule has 0 heterocycles. The summed E-state index contributed by atoms with van der Waals surface area (Å²) < 4.78 is 28.6. The number of carbonyl (C=O) groups excluding carboxylic acids is 1. The number of ketones is 1. The van der Waals surface area contributed by atoms with Crippen LogP contribution in [-0.2, 0) is 5.33 Å². The molecule has 0 saturated heterocycles. The summed E-state index contributed by atoms with van der Waals surface area (Å²) in [5, 5.41) is 0.340. The van der Waals surface area contributed by atoms with Crippen molar-refractivity contribution in [1.29, 1.82) is 0 Å². The Kier molecular flexibility index (Phi) is 5.52. The third-order valence-electron chi connectivity index (χ3n) is 2.07.